The molecular formula is C25H18ClNO. The van der Waals surface area contributed by atoms with Crippen LogP contribution >= 0.6 is 11.6 Å². The van der Waals surface area contributed by atoms with Crippen molar-refractivity contribution in [3.05, 3.63) is 113 Å². The number of halogens is 1. The number of nitrogens with one attached hydrogen (secondary N) is 1. The molecule has 0 saturated heterocycles. The van der Waals surface area contributed by atoms with Crippen LogP contribution in [-0.4, -0.2) is 10.1 Å². The number of rotatable bonds is 3. The summed E-state index contributed by atoms with van der Waals surface area (Å²) in [6, 6.07) is 28.0. The second-order valence-corrected chi connectivity index (χ2v) is 7.43. The van der Waals surface area contributed by atoms with Gasteiger partial charge in [0.1, 0.15) is 5.75 Å². The van der Waals surface area contributed by atoms with Gasteiger partial charge in [0.05, 0.1) is 0 Å². The van der Waals surface area contributed by atoms with Gasteiger partial charge in [-0.2, -0.15) is 0 Å². The number of aromatic amines is 1. The number of H-pyrrole nitrogens is 1. The van der Waals surface area contributed by atoms with E-state index in [4.69, 9.17) is 11.6 Å². The second-order valence-electron chi connectivity index (χ2n) is 7.00. The monoisotopic (exact) mass is 383 g/mol. The lowest BCUT2D eigenvalue weighted by atomic mass is 9.82. The Hall–Kier alpha value is -3.23. The first kappa shape index (κ1) is 16.9. The SMILES string of the molecule is Oc1ccc2ccccc2c1C(c1cccc(Cl)c1)c1c[nH]c2ccccc12. The Labute approximate surface area is 168 Å². The van der Waals surface area contributed by atoms with Crippen LogP contribution in [0, 0.1) is 0 Å². The molecule has 1 unspecified atom stereocenters. The summed E-state index contributed by atoms with van der Waals surface area (Å²) in [7, 11) is 0. The first-order valence-corrected chi connectivity index (χ1v) is 9.62. The maximum Gasteiger partial charge on any atom is 0.120 e. The predicted molar refractivity (Wildman–Crippen MR) is 116 cm³/mol. The highest BCUT2D eigenvalue weighted by Gasteiger charge is 2.25. The van der Waals surface area contributed by atoms with Crippen LogP contribution in [0.4, 0.5) is 0 Å². The zero-order chi connectivity index (χ0) is 19.1. The Morgan fingerprint density at radius 2 is 1.57 bits per heavy atom. The molecule has 1 atom stereocenters. The van der Waals surface area contributed by atoms with E-state index in [9.17, 15) is 5.11 Å². The molecule has 2 N–H and O–H groups in total. The lowest BCUT2D eigenvalue weighted by Gasteiger charge is -2.21. The zero-order valence-corrected chi connectivity index (χ0v) is 15.8. The maximum absolute atomic E-state index is 10.9. The van der Waals surface area contributed by atoms with Crippen LogP contribution in [0.25, 0.3) is 21.7 Å². The molecule has 0 fully saturated rings. The first-order chi connectivity index (χ1) is 13.7. The molecule has 5 aromatic rings. The zero-order valence-electron chi connectivity index (χ0n) is 15.1. The average molecular weight is 384 g/mol. The topological polar surface area (TPSA) is 36.0 Å². The average Bonchev–Trinajstić information content (AvgIpc) is 3.14. The van der Waals surface area contributed by atoms with Crippen molar-refractivity contribution in [1.29, 1.82) is 0 Å². The van der Waals surface area contributed by atoms with Crippen molar-refractivity contribution in [1.82, 2.24) is 4.98 Å². The molecule has 0 radical (unpaired) electrons. The molecule has 28 heavy (non-hydrogen) atoms. The quantitative estimate of drug-likeness (QED) is 0.350. The second kappa shape index (κ2) is 6.74. The Bertz CT molecular complexity index is 1300. The lowest BCUT2D eigenvalue weighted by molar-refractivity contribution is 0.468. The van der Waals surface area contributed by atoms with E-state index in [1.165, 1.54) is 0 Å². The van der Waals surface area contributed by atoms with Crippen molar-refractivity contribution < 1.29 is 5.11 Å². The Kier molecular flexibility index (Phi) is 4.07. The third-order valence-corrected chi connectivity index (χ3v) is 5.59. The summed E-state index contributed by atoms with van der Waals surface area (Å²) < 4.78 is 0. The largest absolute Gasteiger partial charge is 0.508 e. The van der Waals surface area contributed by atoms with Crippen molar-refractivity contribution in [2.24, 2.45) is 0 Å². The van der Waals surface area contributed by atoms with Crippen LogP contribution in [0.3, 0.4) is 0 Å². The summed E-state index contributed by atoms with van der Waals surface area (Å²) in [4.78, 5) is 3.38. The fourth-order valence-electron chi connectivity index (χ4n) is 4.11. The van der Waals surface area contributed by atoms with Gasteiger partial charge in [-0.25, -0.2) is 0 Å². The Morgan fingerprint density at radius 1 is 0.786 bits per heavy atom. The number of benzene rings is 4. The van der Waals surface area contributed by atoms with Gasteiger partial charge in [0, 0.05) is 33.6 Å². The molecule has 5 rings (SSSR count). The third-order valence-electron chi connectivity index (χ3n) is 5.35. The van der Waals surface area contributed by atoms with Crippen molar-refractivity contribution in [3.63, 3.8) is 0 Å². The molecule has 3 heteroatoms. The number of aromatic nitrogens is 1. The summed E-state index contributed by atoms with van der Waals surface area (Å²) in [5, 5.41) is 14.9. The summed E-state index contributed by atoms with van der Waals surface area (Å²) in [6.07, 6.45) is 2.04. The van der Waals surface area contributed by atoms with E-state index in [-0.39, 0.29) is 11.7 Å². The molecular weight excluding hydrogens is 366 g/mol. The highest BCUT2D eigenvalue weighted by molar-refractivity contribution is 6.30. The molecule has 1 aromatic heterocycles. The summed E-state index contributed by atoms with van der Waals surface area (Å²) in [6.45, 7) is 0. The first-order valence-electron chi connectivity index (χ1n) is 9.24. The van der Waals surface area contributed by atoms with E-state index in [0.29, 0.717) is 5.02 Å². The van der Waals surface area contributed by atoms with Crippen LogP contribution < -0.4 is 0 Å². The van der Waals surface area contributed by atoms with E-state index in [1.54, 1.807) is 6.07 Å². The fraction of sp³-hybridized carbons (Fsp3) is 0.0400. The molecule has 2 nitrogen and oxygen atoms in total. The highest BCUT2D eigenvalue weighted by Crippen LogP contribution is 2.43. The normalized spacial score (nSPS) is 12.5. The van der Waals surface area contributed by atoms with Gasteiger partial charge in [0.15, 0.2) is 0 Å². The lowest BCUT2D eigenvalue weighted by Crippen LogP contribution is -2.04. The van der Waals surface area contributed by atoms with Gasteiger partial charge in [0.25, 0.3) is 0 Å². The molecule has 1 heterocycles. The number of hydrogen-bond donors (Lipinski definition) is 2. The van der Waals surface area contributed by atoms with Gasteiger partial charge in [-0.15, -0.1) is 0 Å². The van der Waals surface area contributed by atoms with Gasteiger partial charge < -0.3 is 10.1 Å². The van der Waals surface area contributed by atoms with Gasteiger partial charge >= 0.3 is 0 Å². The molecule has 4 aromatic carbocycles. The van der Waals surface area contributed by atoms with E-state index >= 15 is 0 Å². The Morgan fingerprint density at radius 3 is 2.43 bits per heavy atom. The van der Waals surface area contributed by atoms with Crippen LogP contribution in [0.2, 0.25) is 5.02 Å². The summed E-state index contributed by atoms with van der Waals surface area (Å²) in [5.41, 5.74) is 4.13. The number of para-hydroxylation sites is 1. The van der Waals surface area contributed by atoms with Gasteiger partial charge in [-0.1, -0.05) is 72.3 Å². The van der Waals surface area contributed by atoms with E-state index < -0.39 is 0 Å². The van der Waals surface area contributed by atoms with Crippen molar-refractivity contribution in [2.75, 3.05) is 0 Å². The van der Waals surface area contributed by atoms with Crippen molar-refractivity contribution >= 4 is 33.3 Å². The molecule has 0 aliphatic heterocycles. The molecule has 0 spiro atoms. The molecule has 0 bridgehead atoms. The molecule has 136 valence electrons. The van der Waals surface area contributed by atoms with Crippen LogP contribution in [0.1, 0.15) is 22.6 Å². The number of phenols is 1. The third kappa shape index (κ3) is 2.74. The minimum atomic E-state index is -0.152. The minimum absolute atomic E-state index is 0.152. The number of fused-ring (bicyclic) bond motifs is 2. The molecule has 0 amide bonds. The van der Waals surface area contributed by atoms with Crippen molar-refractivity contribution in [3.8, 4) is 5.75 Å². The smallest absolute Gasteiger partial charge is 0.120 e. The Balaban J connectivity index is 1.87. The number of hydrogen-bond acceptors (Lipinski definition) is 1. The van der Waals surface area contributed by atoms with Crippen LogP contribution in [-0.2, 0) is 0 Å². The van der Waals surface area contributed by atoms with Crippen LogP contribution in [0.5, 0.6) is 5.75 Å². The van der Waals surface area contributed by atoms with E-state index in [2.05, 4.69) is 35.3 Å². The standard InChI is InChI=1S/C25H18ClNO/c26-18-8-5-7-17(14-18)24(21-15-27-22-11-4-3-10-20(21)22)25-19-9-2-1-6-16(19)12-13-23(25)28/h1-15,24,27-28H. The van der Waals surface area contributed by atoms with E-state index in [1.807, 2.05) is 54.7 Å². The van der Waals surface area contributed by atoms with E-state index in [0.717, 1.165) is 38.4 Å². The van der Waals surface area contributed by atoms with Gasteiger partial charge in [0.2, 0.25) is 0 Å². The van der Waals surface area contributed by atoms with Gasteiger partial charge in [-0.05, 0) is 46.2 Å². The number of phenolic OH excluding ortho intramolecular Hbond substituents is 1. The van der Waals surface area contributed by atoms with Gasteiger partial charge in [-0.3, -0.25) is 0 Å². The molecule has 0 aliphatic carbocycles. The maximum atomic E-state index is 10.9. The summed E-state index contributed by atoms with van der Waals surface area (Å²) in [5.74, 6) is 0.134. The predicted octanol–water partition coefficient (Wildman–Crippen LogP) is 6.86. The minimum Gasteiger partial charge on any atom is -0.508 e. The van der Waals surface area contributed by atoms with Crippen LogP contribution in [0.15, 0.2) is 91.1 Å². The fourth-order valence-corrected chi connectivity index (χ4v) is 4.31. The van der Waals surface area contributed by atoms with Crippen molar-refractivity contribution in [2.45, 2.75) is 5.92 Å². The molecule has 0 aliphatic rings. The number of aromatic hydroxyl groups is 1. The summed E-state index contributed by atoms with van der Waals surface area (Å²) >= 11 is 6.34. The molecule has 0 saturated carbocycles. The highest BCUT2D eigenvalue weighted by atomic mass is 35.5.